The number of thiol groups is 1. The first kappa shape index (κ1) is 10.8. The first-order chi connectivity index (χ1) is 6.22. The summed E-state index contributed by atoms with van der Waals surface area (Å²) in [5.41, 5.74) is 0. The lowest BCUT2D eigenvalue weighted by Gasteiger charge is -2.13. The van der Waals surface area contributed by atoms with Gasteiger partial charge < -0.3 is 14.4 Å². The van der Waals surface area contributed by atoms with Gasteiger partial charge >= 0.3 is 0 Å². The average molecular weight is 205 g/mol. The van der Waals surface area contributed by atoms with Crippen molar-refractivity contribution in [3.8, 4) is 0 Å². The Morgan fingerprint density at radius 1 is 1.38 bits per heavy atom. The highest BCUT2D eigenvalue weighted by Gasteiger charge is 2.34. The van der Waals surface area contributed by atoms with Crippen LogP contribution in [0.5, 0.6) is 0 Å². The quantitative estimate of drug-likeness (QED) is 0.648. The summed E-state index contributed by atoms with van der Waals surface area (Å²) in [6, 6.07) is 0. The molecule has 1 heterocycles. The van der Waals surface area contributed by atoms with Gasteiger partial charge in [0.2, 0.25) is 5.91 Å². The van der Waals surface area contributed by atoms with E-state index < -0.39 is 0 Å². The summed E-state index contributed by atoms with van der Waals surface area (Å²) in [7, 11) is 3.26. The van der Waals surface area contributed by atoms with Gasteiger partial charge in [0.25, 0.3) is 0 Å². The molecule has 13 heavy (non-hydrogen) atoms. The molecule has 1 aliphatic rings. The minimum Gasteiger partial charge on any atom is -0.377 e. The van der Waals surface area contributed by atoms with E-state index in [2.05, 4.69) is 12.6 Å². The topological polar surface area (TPSA) is 38.8 Å². The van der Waals surface area contributed by atoms with E-state index in [1.54, 1.807) is 19.1 Å². The zero-order valence-corrected chi connectivity index (χ0v) is 8.79. The molecule has 1 saturated heterocycles. The molecule has 1 fully saturated rings. The first-order valence-electron chi connectivity index (χ1n) is 4.17. The fourth-order valence-electron chi connectivity index (χ4n) is 1.50. The smallest absolute Gasteiger partial charge is 0.232 e. The van der Waals surface area contributed by atoms with E-state index >= 15 is 0 Å². The van der Waals surface area contributed by atoms with Crippen LogP contribution in [0, 0.1) is 0 Å². The number of hydrogen-bond acceptors (Lipinski definition) is 4. The van der Waals surface area contributed by atoms with Crippen LogP contribution in [0.1, 0.15) is 0 Å². The van der Waals surface area contributed by atoms with Crippen LogP contribution in [-0.2, 0) is 14.3 Å². The van der Waals surface area contributed by atoms with Gasteiger partial charge in [0.05, 0.1) is 5.75 Å². The fourth-order valence-corrected chi connectivity index (χ4v) is 1.70. The van der Waals surface area contributed by atoms with Crippen LogP contribution in [-0.4, -0.2) is 56.1 Å². The van der Waals surface area contributed by atoms with Crippen LogP contribution < -0.4 is 0 Å². The maximum Gasteiger partial charge on any atom is 0.232 e. The number of nitrogens with zero attached hydrogens (tertiary/aromatic N) is 1. The summed E-state index contributed by atoms with van der Waals surface area (Å²) >= 11 is 3.94. The van der Waals surface area contributed by atoms with E-state index in [1.165, 1.54) is 0 Å². The summed E-state index contributed by atoms with van der Waals surface area (Å²) in [6.45, 7) is 1.21. The molecule has 0 aromatic heterocycles. The van der Waals surface area contributed by atoms with Crippen LogP contribution in [0.25, 0.3) is 0 Å². The van der Waals surface area contributed by atoms with Crippen molar-refractivity contribution < 1.29 is 14.3 Å². The van der Waals surface area contributed by atoms with Crippen LogP contribution in [0.4, 0.5) is 0 Å². The Kier molecular flexibility index (Phi) is 4.02. The van der Waals surface area contributed by atoms with Gasteiger partial charge in [0, 0.05) is 27.3 Å². The van der Waals surface area contributed by atoms with Gasteiger partial charge in [-0.25, -0.2) is 0 Å². The Morgan fingerprint density at radius 2 is 1.85 bits per heavy atom. The van der Waals surface area contributed by atoms with E-state index in [9.17, 15) is 4.79 Å². The molecule has 76 valence electrons. The normalized spacial score (nSPS) is 28.1. The standard InChI is InChI=1S/C8H15NO3S/c1-11-6-3-9(8(10)5-13)4-7(6)12-2/h6-7,13H,3-5H2,1-2H3. The Balaban J connectivity index is 2.52. The molecule has 0 spiro atoms. The van der Waals surface area contributed by atoms with Gasteiger partial charge in [-0.3, -0.25) is 4.79 Å². The van der Waals surface area contributed by atoms with Gasteiger partial charge in [-0.2, -0.15) is 12.6 Å². The molecule has 1 aliphatic heterocycles. The number of amides is 1. The van der Waals surface area contributed by atoms with Gasteiger partial charge in [0.1, 0.15) is 12.2 Å². The van der Waals surface area contributed by atoms with E-state index in [0.717, 1.165) is 0 Å². The van der Waals surface area contributed by atoms with Crippen molar-refractivity contribution in [3.63, 3.8) is 0 Å². The average Bonchev–Trinajstić information content (AvgIpc) is 2.59. The van der Waals surface area contributed by atoms with Crippen LogP contribution >= 0.6 is 12.6 Å². The third kappa shape index (κ3) is 2.36. The predicted octanol–water partition coefficient (Wildman–Crippen LogP) is -0.212. The zero-order valence-electron chi connectivity index (χ0n) is 7.90. The van der Waals surface area contributed by atoms with Gasteiger partial charge in [0.15, 0.2) is 0 Å². The van der Waals surface area contributed by atoms with Crippen LogP contribution in [0.3, 0.4) is 0 Å². The molecule has 0 radical (unpaired) electrons. The molecule has 0 aliphatic carbocycles. The lowest BCUT2D eigenvalue weighted by Crippen LogP contribution is -2.30. The molecule has 0 aromatic carbocycles. The van der Waals surface area contributed by atoms with E-state index in [0.29, 0.717) is 13.1 Å². The van der Waals surface area contributed by atoms with Crippen molar-refractivity contribution in [3.05, 3.63) is 0 Å². The summed E-state index contributed by atoms with van der Waals surface area (Å²) in [4.78, 5) is 13.0. The van der Waals surface area contributed by atoms with Crippen molar-refractivity contribution in [2.75, 3.05) is 33.1 Å². The van der Waals surface area contributed by atoms with Crippen molar-refractivity contribution >= 4 is 18.5 Å². The number of carbonyl (C=O) groups excluding carboxylic acids is 1. The highest BCUT2D eigenvalue weighted by molar-refractivity contribution is 7.81. The molecule has 2 atom stereocenters. The Bertz CT molecular complexity index is 176. The fraction of sp³-hybridized carbons (Fsp3) is 0.875. The molecular formula is C8H15NO3S. The highest BCUT2D eigenvalue weighted by Crippen LogP contribution is 2.15. The molecule has 0 bridgehead atoms. The number of methoxy groups -OCH3 is 2. The summed E-state index contributed by atoms with van der Waals surface area (Å²) < 4.78 is 10.4. The molecule has 0 N–H and O–H groups in total. The minimum absolute atomic E-state index is 0.00571. The lowest BCUT2D eigenvalue weighted by atomic mass is 10.3. The number of rotatable bonds is 3. The Morgan fingerprint density at radius 3 is 2.15 bits per heavy atom. The second-order valence-corrected chi connectivity index (χ2v) is 3.32. The van der Waals surface area contributed by atoms with Crippen molar-refractivity contribution in [2.45, 2.75) is 12.2 Å². The molecule has 5 heteroatoms. The molecule has 2 unspecified atom stereocenters. The van der Waals surface area contributed by atoms with E-state index in [4.69, 9.17) is 9.47 Å². The first-order valence-corrected chi connectivity index (χ1v) is 4.80. The van der Waals surface area contributed by atoms with E-state index in [1.807, 2.05) is 0 Å². The monoisotopic (exact) mass is 205 g/mol. The number of likely N-dealkylation sites (tertiary alicyclic amines) is 1. The lowest BCUT2D eigenvalue weighted by molar-refractivity contribution is -0.127. The van der Waals surface area contributed by atoms with Crippen molar-refractivity contribution in [2.24, 2.45) is 0 Å². The highest BCUT2D eigenvalue weighted by atomic mass is 32.1. The Labute approximate surface area is 83.6 Å². The second kappa shape index (κ2) is 4.83. The number of ether oxygens (including phenoxy) is 2. The molecular weight excluding hydrogens is 190 g/mol. The van der Waals surface area contributed by atoms with E-state index in [-0.39, 0.29) is 23.9 Å². The summed E-state index contributed by atoms with van der Waals surface area (Å²) in [6.07, 6.45) is -0.0114. The van der Waals surface area contributed by atoms with Gasteiger partial charge in [-0.15, -0.1) is 0 Å². The van der Waals surface area contributed by atoms with Crippen LogP contribution in [0.15, 0.2) is 0 Å². The SMILES string of the molecule is COC1CN(C(=O)CS)CC1OC. The van der Waals surface area contributed by atoms with Crippen LogP contribution in [0.2, 0.25) is 0 Å². The molecule has 1 amide bonds. The number of hydrogen-bond donors (Lipinski definition) is 1. The summed E-state index contributed by atoms with van der Waals surface area (Å²) in [5, 5.41) is 0. The second-order valence-electron chi connectivity index (χ2n) is 3.01. The van der Waals surface area contributed by atoms with Gasteiger partial charge in [-0.05, 0) is 0 Å². The molecule has 1 rings (SSSR count). The van der Waals surface area contributed by atoms with Crippen molar-refractivity contribution in [1.29, 1.82) is 0 Å². The maximum atomic E-state index is 11.3. The molecule has 0 aromatic rings. The predicted molar refractivity (Wildman–Crippen MR) is 52.0 cm³/mol. The molecule has 4 nitrogen and oxygen atoms in total. The largest absolute Gasteiger partial charge is 0.377 e. The third-order valence-corrected chi connectivity index (χ3v) is 2.58. The molecule has 0 saturated carbocycles. The van der Waals surface area contributed by atoms with Gasteiger partial charge in [-0.1, -0.05) is 0 Å². The summed E-state index contributed by atoms with van der Waals surface area (Å²) in [5.74, 6) is 0.275. The third-order valence-electron chi connectivity index (χ3n) is 2.31. The van der Waals surface area contributed by atoms with Crippen molar-refractivity contribution in [1.82, 2.24) is 4.90 Å². The number of carbonyl (C=O) groups is 1. The maximum absolute atomic E-state index is 11.3. The minimum atomic E-state index is -0.00571. The zero-order chi connectivity index (χ0) is 9.84. The Hall–Kier alpha value is -0.260.